The number of benzene rings is 2. The van der Waals surface area contributed by atoms with Gasteiger partial charge in [0.25, 0.3) is 10.0 Å². The van der Waals surface area contributed by atoms with Gasteiger partial charge in [0.2, 0.25) is 11.6 Å². The molecule has 31 heavy (non-hydrogen) atoms. The van der Waals surface area contributed by atoms with E-state index in [1.54, 1.807) is 35.2 Å². The van der Waals surface area contributed by atoms with Crippen molar-refractivity contribution in [2.75, 3.05) is 17.8 Å². The maximum atomic E-state index is 13.5. The van der Waals surface area contributed by atoms with Crippen molar-refractivity contribution in [1.82, 2.24) is 4.90 Å². The number of carbonyl (C=O) groups excluding carboxylic acids is 2. The summed E-state index contributed by atoms with van der Waals surface area (Å²) in [4.78, 5) is 28.2. The molecule has 1 N–H and O–H groups in total. The summed E-state index contributed by atoms with van der Waals surface area (Å²) in [6.45, 7) is 4.86. The van der Waals surface area contributed by atoms with Crippen LogP contribution in [0.3, 0.4) is 0 Å². The molecule has 1 heterocycles. The van der Waals surface area contributed by atoms with Gasteiger partial charge in [0.05, 0.1) is 0 Å². The monoisotopic (exact) mass is 438 g/mol. The highest BCUT2D eigenvalue weighted by atomic mass is 32.2. The highest BCUT2D eigenvalue weighted by molar-refractivity contribution is 7.97. The van der Waals surface area contributed by atoms with Crippen molar-refractivity contribution < 1.29 is 18.0 Å². The van der Waals surface area contributed by atoms with Gasteiger partial charge in [0.1, 0.15) is 5.70 Å². The predicted molar refractivity (Wildman–Crippen MR) is 121 cm³/mol. The molecular formula is C24H26N2O4S. The number of carbonyl (C=O) groups is 2. The molecule has 0 radical (unpaired) electrons. The Morgan fingerprint density at radius 3 is 1.94 bits per heavy atom. The molecule has 1 fully saturated rings. The van der Waals surface area contributed by atoms with Gasteiger partial charge in [0, 0.05) is 29.9 Å². The highest BCUT2D eigenvalue weighted by Crippen LogP contribution is 2.33. The van der Waals surface area contributed by atoms with Crippen LogP contribution in [0.5, 0.6) is 0 Å². The summed E-state index contributed by atoms with van der Waals surface area (Å²) < 4.78 is 29.6. The first kappa shape index (κ1) is 21.3. The number of nitrogens with one attached hydrogen (secondary N) is 1. The summed E-state index contributed by atoms with van der Waals surface area (Å²) in [6.07, 6.45) is 3.74. The van der Waals surface area contributed by atoms with Crippen LogP contribution in [0.25, 0.3) is 0 Å². The van der Waals surface area contributed by atoms with Crippen LogP contribution in [0.15, 0.2) is 53.1 Å². The summed E-state index contributed by atoms with van der Waals surface area (Å²) >= 11 is 0. The molecule has 1 aliphatic carbocycles. The SMILES string of the molecule is Cc1cc(C)cc(NS(=O)(=O)C2=C(N3CCCCCC3)C(=O)c3ccccc3C2=O)c1. The third-order valence-electron chi connectivity index (χ3n) is 5.72. The Morgan fingerprint density at radius 1 is 0.806 bits per heavy atom. The van der Waals surface area contributed by atoms with Crippen molar-refractivity contribution in [3.8, 4) is 0 Å². The van der Waals surface area contributed by atoms with Crippen molar-refractivity contribution in [1.29, 1.82) is 0 Å². The van der Waals surface area contributed by atoms with Crippen LogP contribution >= 0.6 is 0 Å². The number of fused-ring (bicyclic) bond motifs is 1. The van der Waals surface area contributed by atoms with E-state index in [4.69, 9.17) is 0 Å². The number of allylic oxidation sites excluding steroid dienone is 2. The van der Waals surface area contributed by atoms with Crippen LogP contribution in [0.4, 0.5) is 5.69 Å². The van der Waals surface area contributed by atoms with Crippen molar-refractivity contribution in [2.24, 2.45) is 0 Å². The summed E-state index contributed by atoms with van der Waals surface area (Å²) in [7, 11) is -4.29. The van der Waals surface area contributed by atoms with Crippen LogP contribution in [0.2, 0.25) is 0 Å². The van der Waals surface area contributed by atoms with Gasteiger partial charge in [-0.05, 0) is 49.9 Å². The zero-order chi connectivity index (χ0) is 22.2. The van der Waals surface area contributed by atoms with E-state index in [1.807, 2.05) is 19.9 Å². The molecular weight excluding hydrogens is 412 g/mol. The smallest absolute Gasteiger partial charge is 0.268 e. The molecule has 0 bridgehead atoms. The van der Waals surface area contributed by atoms with Gasteiger partial charge in [0.15, 0.2) is 4.91 Å². The van der Waals surface area contributed by atoms with Gasteiger partial charge >= 0.3 is 0 Å². The number of Topliss-reactive ketones (excluding diaryl/α,β-unsaturated/α-hetero) is 2. The van der Waals surface area contributed by atoms with Crippen molar-refractivity contribution >= 4 is 27.3 Å². The second kappa shape index (κ2) is 8.30. The molecule has 2 aromatic carbocycles. The van der Waals surface area contributed by atoms with Gasteiger partial charge in [-0.2, -0.15) is 0 Å². The molecule has 0 spiro atoms. The predicted octanol–water partition coefficient (Wildman–Crippen LogP) is 4.21. The van der Waals surface area contributed by atoms with E-state index in [2.05, 4.69) is 4.72 Å². The zero-order valence-corrected chi connectivity index (χ0v) is 18.6. The van der Waals surface area contributed by atoms with Crippen molar-refractivity contribution in [2.45, 2.75) is 39.5 Å². The van der Waals surface area contributed by atoms with Crippen LogP contribution in [-0.4, -0.2) is 38.0 Å². The summed E-state index contributed by atoms with van der Waals surface area (Å²) in [5, 5.41) is 0. The van der Waals surface area contributed by atoms with Crippen LogP contribution in [0.1, 0.15) is 57.5 Å². The average molecular weight is 439 g/mol. The van der Waals surface area contributed by atoms with E-state index in [0.717, 1.165) is 36.8 Å². The molecule has 6 nitrogen and oxygen atoms in total. The molecule has 0 amide bonds. The van der Waals surface area contributed by atoms with E-state index < -0.39 is 26.5 Å². The highest BCUT2D eigenvalue weighted by Gasteiger charge is 2.41. The second-order valence-electron chi connectivity index (χ2n) is 8.26. The Bertz CT molecular complexity index is 1170. The number of hydrogen-bond donors (Lipinski definition) is 1. The fourth-order valence-corrected chi connectivity index (χ4v) is 5.77. The molecule has 1 saturated heterocycles. The number of rotatable bonds is 4. The standard InChI is InChI=1S/C24H26N2O4S/c1-16-13-17(2)15-18(14-16)25-31(29,30)24-21(26-11-7-3-4-8-12-26)22(27)19-9-5-6-10-20(19)23(24)28/h5-6,9-10,13-15,25H,3-4,7-8,11-12H2,1-2H3. The molecule has 0 saturated carbocycles. The van der Waals surface area contributed by atoms with E-state index in [9.17, 15) is 18.0 Å². The normalized spacial score (nSPS) is 17.4. The third-order valence-corrected chi connectivity index (χ3v) is 7.14. The lowest BCUT2D eigenvalue weighted by atomic mass is 9.91. The first-order valence-corrected chi connectivity index (χ1v) is 12.0. The number of ketones is 2. The molecule has 2 aromatic rings. The maximum Gasteiger partial charge on any atom is 0.268 e. The maximum absolute atomic E-state index is 13.5. The molecule has 2 aliphatic rings. The first-order valence-electron chi connectivity index (χ1n) is 10.6. The Morgan fingerprint density at radius 2 is 1.35 bits per heavy atom. The molecule has 0 aromatic heterocycles. The minimum absolute atomic E-state index is 0.00229. The Labute approximate surface area is 183 Å². The second-order valence-corrected chi connectivity index (χ2v) is 9.88. The number of anilines is 1. The molecule has 0 atom stereocenters. The van der Waals surface area contributed by atoms with E-state index in [1.165, 1.54) is 6.07 Å². The number of hydrogen-bond acceptors (Lipinski definition) is 5. The van der Waals surface area contributed by atoms with E-state index in [-0.39, 0.29) is 16.8 Å². The van der Waals surface area contributed by atoms with Gasteiger partial charge in [-0.1, -0.05) is 43.2 Å². The lowest BCUT2D eigenvalue weighted by Crippen LogP contribution is -2.38. The summed E-state index contributed by atoms with van der Waals surface area (Å²) in [6, 6.07) is 11.8. The summed E-state index contributed by atoms with van der Waals surface area (Å²) in [5.74, 6) is -1.04. The van der Waals surface area contributed by atoms with Crippen LogP contribution < -0.4 is 4.72 Å². The van der Waals surface area contributed by atoms with Crippen molar-refractivity contribution in [3.05, 3.63) is 75.3 Å². The third kappa shape index (κ3) is 4.14. The fourth-order valence-electron chi connectivity index (χ4n) is 4.41. The first-order chi connectivity index (χ1) is 14.8. The number of likely N-dealkylation sites (tertiary alicyclic amines) is 1. The van der Waals surface area contributed by atoms with E-state index >= 15 is 0 Å². The molecule has 162 valence electrons. The Hall–Kier alpha value is -2.93. The number of sulfonamides is 1. The van der Waals surface area contributed by atoms with Crippen molar-refractivity contribution in [3.63, 3.8) is 0 Å². The quantitative estimate of drug-likeness (QED) is 0.773. The average Bonchev–Trinajstić information content (AvgIpc) is 2.98. The minimum Gasteiger partial charge on any atom is -0.367 e. The number of aryl methyl sites for hydroxylation is 2. The van der Waals surface area contributed by atoms with Crippen LogP contribution in [0, 0.1) is 13.8 Å². The topological polar surface area (TPSA) is 83.6 Å². The molecule has 0 unspecified atom stereocenters. The Balaban J connectivity index is 1.87. The molecule has 1 aliphatic heterocycles. The molecule has 4 rings (SSSR count). The number of nitrogens with zero attached hydrogens (tertiary/aromatic N) is 1. The molecule has 7 heteroatoms. The minimum atomic E-state index is -4.29. The summed E-state index contributed by atoms with van der Waals surface area (Å²) in [5.41, 5.74) is 2.57. The Kier molecular flexibility index (Phi) is 5.71. The lowest BCUT2D eigenvalue weighted by Gasteiger charge is -2.30. The van der Waals surface area contributed by atoms with Gasteiger partial charge in [-0.15, -0.1) is 0 Å². The van der Waals surface area contributed by atoms with Crippen LogP contribution in [-0.2, 0) is 10.0 Å². The van der Waals surface area contributed by atoms with Gasteiger partial charge in [-0.3, -0.25) is 14.3 Å². The largest absolute Gasteiger partial charge is 0.367 e. The van der Waals surface area contributed by atoms with E-state index in [0.29, 0.717) is 18.8 Å². The fraction of sp³-hybridized carbons (Fsp3) is 0.333. The van der Waals surface area contributed by atoms with Gasteiger partial charge in [-0.25, -0.2) is 8.42 Å². The van der Waals surface area contributed by atoms with Gasteiger partial charge < -0.3 is 4.90 Å². The zero-order valence-electron chi connectivity index (χ0n) is 17.8. The lowest BCUT2D eigenvalue weighted by molar-refractivity contribution is 0.0947.